The minimum atomic E-state index is 0.189. The van der Waals surface area contributed by atoms with Crippen LogP contribution in [-0.4, -0.2) is 38.4 Å². The van der Waals surface area contributed by atoms with Crippen molar-refractivity contribution in [3.05, 3.63) is 48.3 Å². The second-order valence-corrected chi connectivity index (χ2v) is 6.93. The fourth-order valence-electron chi connectivity index (χ4n) is 2.97. The molecule has 29 heavy (non-hydrogen) atoms. The van der Waals surface area contributed by atoms with Crippen molar-refractivity contribution in [2.45, 2.75) is 33.4 Å². The first-order valence-corrected chi connectivity index (χ1v) is 9.62. The van der Waals surface area contributed by atoms with Gasteiger partial charge in [0.05, 0.1) is 47.8 Å². The molecule has 0 radical (unpaired) electrons. The summed E-state index contributed by atoms with van der Waals surface area (Å²) >= 11 is 0. The summed E-state index contributed by atoms with van der Waals surface area (Å²) in [5.41, 5.74) is 4.59. The van der Waals surface area contributed by atoms with E-state index in [1.807, 2.05) is 42.9 Å². The van der Waals surface area contributed by atoms with Gasteiger partial charge in [-0.3, -0.25) is 0 Å². The lowest BCUT2D eigenvalue weighted by molar-refractivity contribution is 0.328. The summed E-state index contributed by atoms with van der Waals surface area (Å²) in [6.07, 6.45) is 6.70. The smallest absolute Gasteiger partial charge is 0.222 e. The zero-order valence-electron chi connectivity index (χ0n) is 17.2. The maximum absolute atomic E-state index is 7.90. The predicted octanol–water partition coefficient (Wildman–Crippen LogP) is 3.71. The predicted molar refractivity (Wildman–Crippen MR) is 116 cm³/mol. The van der Waals surface area contributed by atoms with Crippen LogP contribution in [0, 0.1) is 5.41 Å². The Morgan fingerprint density at radius 2 is 2.14 bits per heavy atom. The summed E-state index contributed by atoms with van der Waals surface area (Å²) in [5, 5.41) is 14.7. The van der Waals surface area contributed by atoms with Gasteiger partial charge in [0.1, 0.15) is 5.69 Å². The number of hydrogen-bond acceptors (Lipinski definition) is 7. The Morgan fingerprint density at radius 3 is 2.79 bits per heavy atom. The molecule has 0 saturated heterocycles. The molecule has 0 fully saturated rings. The van der Waals surface area contributed by atoms with Gasteiger partial charge < -0.3 is 25.3 Å². The first-order chi connectivity index (χ1) is 14.0. The third-order valence-corrected chi connectivity index (χ3v) is 4.16. The average Bonchev–Trinajstić information content (AvgIpc) is 3.12. The van der Waals surface area contributed by atoms with Crippen molar-refractivity contribution in [1.82, 2.24) is 19.5 Å². The lowest BCUT2D eigenvalue weighted by Crippen LogP contribution is -2.15. The van der Waals surface area contributed by atoms with E-state index in [4.69, 9.17) is 15.1 Å². The molecule has 0 bridgehead atoms. The molecule has 0 aliphatic carbocycles. The molecular formula is C21H27N7O. The quantitative estimate of drug-likeness (QED) is 0.479. The highest BCUT2D eigenvalue weighted by Gasteiger charge is 2.16. The number of nitrogens with one attached hydrogen (secondary N) is 3. The van der Waals surface area contributed by atoms with Crippen molar-refractivity contribution in [1.29, 1.82) is 5.41 Å². The van der Waals surface area contributed by atoms with Crippen LogP contribution in [0.3, 0.4) is 0 Å². The molecule has 0 aliphatic rings. The van der Waals surface area contributed by atoms with E-state index < -0.39 is 0 Å². The average molecular weight is 393 g/mol. The van der Waals surface area contributed by atoms with Crippen LogP contribution >= 0.6 is 0 Å². The monoisotopic (exact) mass is 393 g/mol. The van der Waals surface area contributed by atoms with Crippen molar-refractivity contribution < 1.29 is 4.74 Å². The zero-order valence-corrected chi connectivity index (χ0v) is 17.2. The van der Waals surface area contributed by atoms with Crippen LogP contribution in [0.15, 0.2) is 36.9 Å². The molecule has 0 amide bonds. The number of aryl methyl sites for hydroxylation is 1. The highest BCUT2D eigenvalue weighted by molar-refractivity contribution is 5.91. The topological polar surface area (TPSA) is 101 Å². The Labute approximate surface area is 170 Å². The number of hydrogen-bond donors (Lipinski definition) is 3. The Hall–Kier alpha value is -3.42. The molecule has 0 aliphatic heterocycles. The summed E-state index contributed by atoms with van der Waals surface area (Å²) in [6, 6.07) is 5.92. The molecule has 0 spiro atoms. The van der Waals surface area contributed by atoms with Crippen molar-refractivity contribution in [3.8, 4) is 17.1 Å². The minimum Gasteiger partial charge on any atom is -0.477 e. The van der Waals surface area contributed by atoms with Crippen LogP contribution in [-0.2, 0) is 13.6 Å². The number of ether oxygens (including phenoxy) is 1. The lowest BCUT2D eigenvalue weighted by atomic mass is 10.1. The number of nitrogens with zero attached hydrogens (tertiary/aromatic N) is 4. The first-order valence-electron chi connectivity index (χ1n) is 9.62. The molecule has 3 aromatic rings. The van der Waals surface area contributed by atoms with E-state index >= 15 is 0 Å². The number of pyridine rings is 2. The molecule has 0 unspecified atom stereocenters. The normalized spacial score (nSPS) is 10.8. The number of rotatable bonds is 9. The van der Waals surface area contributed by atoms with Crippen LogP contribution < -0.4 is 15.4 Å². The van der Waals surface area contributed by atoms with Crippen LogP contribution in [0.5, 0.6) is 5.88 Å². The van der Waals surface area contributed by atoms with Gasteiger partial charge in [-0.15, -0.1) is 0 Å². The lowest BCUT2D eigenvalue weighted by Gasteiger charge is -2.19. The molecule has 3 aromatic heterocycles. The summed E-state index contributed by atoms with van der Waals surface area (Å²) in [5.74, 6) is 0.527. The number of anilines is 2. The Bertz CT molecular complexity index is 981. The SMILES string of the molecule is CCOc1ncccc1-c1cc(NCc2cn(C)cn2)c(NC(C)C)c(C=N)n1. The number of aromatic nitrogens is 4. The molecule has 3 N–H and O–H groups in total. The maximum Gasteiger partial charge on any atom is 0.222 e. The molecular weight excluding hydrogens is 366 g/mol. The van der Waals surface area contributed by atoms with Gasteiger partial charge in [-0.25, -0.2) is 15.0 Å². The molecule has 3 heterocycles. The van der Waals surface area contributed by atoms with Crippen LogP contribution in [0.2, 0.25) is 0 Å². The molecule has 0 saturated carbocycles. The standard InChI is InChI=1S/C21H27N7O/c1-5-29-21-16(7-6-8-23-21)17-9-18(24-11-15-12-28(4)13-25-15)20(26-14(2)3)19(10-22)27-17/h6-10,12-14,22,26H,5,11H2,1-4H3,(H,24,27). The summed E-state index contributed by atoms with van der Waals surface area (Å²) < 4.78 is 7.59. The fraction of sp³-hybridized carbons (Fsp3) is 0.333. The van der Waals surface area contributed by atoms with Gasteiger partial charge in [-0.05, 0) is 39.0 Å². The third kappa shape index (κ3) is 4.90. The molecule has 0 atom stereocenters. The molecule has 0 aromatic carbocycles. The fourth-order valence-corrected chi connectivity index (χ4v) is 2.97. The van der Waals surface area contributed by atoms with Gasteiger partial charge in [0.15, 0.2) is 0 Å². The second-order valence-electron chi connectivity index (χ2n) is 6.93. The number of imidazole rings is 1. The highest BCUT2D eigenvalue weighted by Crippen LogP contribution is 2.33. The second kappa shape index (κ2) is 9.18. The zero-order chi connectivity index (χ0) is 20.8. The van der Waals surface area contributed by atoms with E-state index in [2.05, 4.69) is 34.4 Å². The molecule has 152 valence electrons. The van der Waals surface area contributed by atoms with Crippen molar-refractivity contribution in [2.24, 2.45) is 7.05 Å². The van der Waals surface area contributed by atoms with Gasteiger partial charge in [0.2, 0.25) is 5.88 Å². The van der Waals surface area contributed by atoms with Crippen LogP contribution in [0.1, 0.15) is 32.2 Å². The molecule has 8 nitrogen and oxygen atoms in total. The van der Waals surface area contributed by atoms with Crippen LogP contribution in [0.4, 0.5) is 11.4 Å². The maximum atomic E-state index is 7.90. The van der Waals surface area contributed by atoms with Crippen LogP contribution in [0.25, 0.3) is 11.3 Å². The van der Waals surface area contributed by atoms with E-state index in [0.29, 0.717) is 30.4 Å². The largest absolute Gasteiger partial charge is 0.477 e. The van der Waals surface area contributed by atoms with Gasteiger partial charge in [-0.1, -0.05) is 0 Å². The highest BCUT2D eigenvalue weighted by atomic mass is 16.5. The molecule has 8 heteroatoms. The van der Waals surface area contributed by atoms with E-state index in [0.717, 1.165) is 22.6 Å². The van der Waals surface area contributed by atoms with Gasteiger partial charge in [-0.2, -0.15) is 0 Å². The van der Waals surface area contributed by atoms with E-state index in [-0.39, 0.29) is 6.04 Å². The van der Waals surface area contributed by atoms with Gasteiger partial charge >= 0.3 is 0 Å². The van der Waals surface area contributed by atoms with Crippen molar-refractivity contribution in [2.75, 3.05) is 17.2 Å². The summed E-state index contributed by atoms with van der Waals surface area (Å²) in [7, 11) is 1.94. The van der Waals surface area contributed by atoms with Gasteiger partial charge in [0.25, 0.3) is 0 Å². The summed E-state index contributed by atoms with van der Waals surface area (Å²) in [6.45, 7) is 7.10. The van der Waals surface area contributed by atoms with E-state index in [9.17, 15) is 0 Å². The van der Waals surface area contributed by atoms with Crippen molar-refractivity contribution >= 4 is 17.6 Å². The first kappa shape index (κ1) is 20.3. The molecule has 3 rings (SSSR count). The van der Waals surface area contributed by atoms with Gasteiger partial charge in [0, 0.05) is 31.7 Å². The van der Waals surface area contributed by atoms with E-state index in [1.54, 1.807) is 12.5 Å². The Morgan fingerprint density at radius 1 is 1.31 bits per heavy atom. The Kier molecular flexibility index (Phi) is 6.43. The Balaban J connectivity index is 2.05. The van der Waals surface area contributed by atoms with Crippen molar-refractivity contribution in [3.63, 3.8) is 0 Å². The summed E-state index contributed by atoms with van der Waals surface area (Å²) in [4.78, 5) is 13.4. The van der Waals surface area contributed by atoms with E-state index in [1.165, 1.54) is 6.21 Å². The third-order valence-electron chi connectivity index (χ3n) is 4.16. The minimum absolute atomic E-state index is 0.189.